The number of nitrogens with zero attached hydrogens (tertiary/aromatic N) is 6. The summed E-state index contributed by atoms with van der Waals surface area (Å²) in [5, 5.41) is 26.0. The van der Waals surface area contributed by atoms with E-state index in [4.69, 9.17) is 8.85 Å². The van der Waals surface area contributed by atoms with Crippen LogP contribution < -0.4 is 15.5 Å². The summed E-state index contributed by atoms with van der Waals surface area (Å²) in [6.07, 6.45) is 0.682. The van der Waals surface area contributed by atoms with Gasteiger partial charge in [-0.1, -0.05) is 30.3 Å². The first kappa shape index (κ1) is 41.1. The Kier molecular flexibility index (Phi) is 12.8. The van der Waals surface area contributed by atoms with Crippen LogP contribution in [-0.4, -0.2) is 81.4 Å². The van der Waals surface area contributed by atoms with Gasteiger partial charge in [-0.25, -0.2) is 0 Å². The van der Waals surface area contributed by atoms with E-state index in [0.29, 0.717) is 37.8 Å². The first-order chi connectivity index (χ1) is 26.0. The normalized spacial score (nSPS) is 12.3. The molecule has 0 aliphatic heterocycles. The first-order valence-corrected chi connectivity index (χ1v) is 22.5. The number of azo groups is 1. The fourth-order valence-corrected chi connectivity index (χ4v) is 9.36. The minimum atomic E-state index is -4.74. The topological polar surface area (TPSA) is 238 Å². The standard InChI is InChI=1S/C35H42N8O9S2Si/c1-6-51-55(5,52-7-2)19-11-18-36-33-38-34(40-35(39-33)43(4)25-12-9-8-10-13-25)37-29-22-26(53(45,46)47)21-24-15-17-28(32(44)31(24)29)42-41-27-16-14-23(3)20-30(27)54(48,49)50/h8-10,12-17,20-22,44H,6-7,11,18-19H2,1-5H3,(H,45,46,47)(H,48,49,50)(H2,36,37,38,39,40). The van der Waals surface area contributed by atoms with Crippen LogP contribution in [0.3, 0.4) is 0 Å². The lowest BCUT2D eigenvalue weighted by atomic mass is 10.1. The van der Waals surface area contributed by atoms with Gasteiger partial charge in [0.15, 0.2) is 5.75 Å². The lowest BCUT2D eigenvalue weighted by Crippen LogP contribution is -2.39. The Hall–Kier alpha value is -5.09. The van der Waals surface area contributed by atoms with Crippen molar-refractivity contribution in [1.29, 1.82) is 0 Å². The molecule has 0 atom stereocenters. The highest BCUT2D eigenvalue weighted by molar-refractivity contribution is 7.86. The molecule has 5 aromatic rings. The Bertz CT molecular complexity index is 2420. The van der Waals surface area contributed by atoms with Gasteiger partial charge in [0.25, 0.3) is 20.2 Å². The summed E-state index contributed by atoms with van der Waals surface area (Å²) in [6, 6.07) is 19.2. The van der Waals surface area contributed by atoms with Crippen LogP contribution >= 0.6 is 0 Å². The molecule has 20 heteroatoms. The lowest BCUT2D eigenvalue weighted by Gasteiger charge is -2.26. The highest BCUT2D eigenvalue weighted by Crippen LogP contribution is 2.42. The second kappa shape index (κ2) is 17.1. The molecule has 0 spiro atoms. The lowest BCUT2D eigenvalue weighted by molar-refractivity contribution is 0.188. The molecule has 0 aliphatic rings. The molecule has 0 amide bonds. The molecule has 1 heterocycles. The Balaban J connectivity index is 1.57. The predicted molar refractivity (Wildman–Crippen MR) is 211 cm³/mol. The molecule has 0 saturated heterocycles. The van der Waals surface area contributed by atoms with Gasteiger partial charge in [0.1, 0.15) is 16.3 Å². The average molecular weight is 811 g/mol. The molecular formula is C35H42N8O9S2Si. The van der Waals surface area contributed by atoms with Crippen LogP contribution in [0.5, 0.6) is 5.75 Å². The number of aromatic nitrogens is 3. The molecule has 55 heavy (non-hydrogen) atoms. The largest absolute Gasteiger partial charge is 0.505 e. The Morgan fingerprint density at radius 1 is 0.836 bits per heavy atom. The number of rotatable bonds is 17. The quantitative estimate of drug-likeness (QED) is 0.0266. The molecule has 292 valence electrons. The van der Waals surface area contributed by atoms with Crippen LogP contribution in [0, 0.1) is 6.92 Å². The highest BCUT2D eigenvalue weighted by atomic mass is 32.2. The Labute approximate surface area is 320 Å². The van der Waals surface area contributed by atoms with Gasteiger partial charge in [0.05, 0.1) is 10.6 Å². The van der Waals surface area contributed by atoms with Crippen molar-refractivity contribution in [3.8, 4) is 5.75 Å². The average Bonchev–Trinajstić information content (AvgIpc) is 3.13. The van der Waals surface area contributed by atoms with Crippen LogP contribution in [0.1, 0.15) is 25.8 Å². The van der Waals surface area contributed by atoms with Crippen LogP contribution in [0.25, 0.3) is 10.8 Å². The van der Waals surface area contributed by atoms with E-state index in [2.05, 4.69) is 35.8 Å². The van der Waals surface area contributed by atoms with Gasteiger partial charge in [-0.3, -0.25) is 9.11 Å². The van der Waals surface area contributed by atoms with Gasteiger partial charge in [-0.2, -0.15) is 31.8 Å². The van der Waals surface area contributed by atoms with Crippen LogP contribution in [0.15, 0.2) is 92.8 Å². The molecule has 0 radical (unpaired) electrons. The summed E-state index contributed by atoms with van der Waals surface area (Å²) in [5.41, 5.74) is 0.963. The molecule has 0 aliphatic carbocycles. The van der Waals surface area contributed by atoms with E-state index >= 15 is 0 Å². The maximum absolute atomic E-state index is 12.4. The fourth-order valence-electron chi connectivity index (χ4n) is 5.70. The molecule has 4 aromatic carbocycles. The SMILES string of the molecule is CCO[Si](C)(CCCNc1nc(Nc2cc(S(=O)(=O)O)cc3ccc(N=Nc4ccc(C)cc4S(=O)(=O)O)c(O)c23)nc(N(C)c2ccccc2)n1)OCC. The maximum Gasteiger partial charge on any atom is 0.334 e. The Morgan fingerprint density at radius 2 is 1.49 bits per heavy atom. The third-order valence-electron chi connectivity index (χ3n) is 8.30. The number of benzene rings is 4. The number of aromatic hydroxyl groups is 1. The predicted octanol–water partition coefficient (Wildman–Crippen LogP) is 7.41. The van der Waals surface area contributed by atoms with E-state index in [0.717, 1.165) is 17.8 Å². The highest BCUT2D eigenvalue weighted by Gasteiger charge is 2.30. The number of para-hydroxylation sites is 1. The van der Waals surface area contributed by atoms with E-state index < -0.39 is 44.3 Å². The second-order valence-corrected chi connectivity index (χ2v) is 18.6. The van der Waals surface area contributed by atoms with Crippen LogP contribution in [-0.2, 0) is 29.1 Å². The molecule has 17 nitrogen and oxygen atoms in total. The van der Waals surface area contributed by atoms with Gasteiger partial charge < -0.3 is 29.5 Å². The van der Waals surface area contributed by atoms with Crippen molar-refractivity contribution in [3.63, 3.8) is 0 Å². The molecule has 0 bridgehead atoms. The van der Waals surface area contributed by atoms with Gasteiger partial charge in [-0.05, 0) is 93.2 Å². The molecular weight excluding hydrogens is 769 g/mol. The van der Waals surface area contributed by atoms with Crippen molar-refractivity contribution in [3.05, 3.63) is 78.4 Å². The fraction of sp³-hybridized carbons (Fsp3) is 0.286. The zero-order valence-electron chi connectivity index (χ0n) is 30.8. The third kappa shape index (κ3) is 10.4. The number of phenolic OH excluding ortho intramolecular Hbond substituents is 1. The smallest absolute Gasteiger partial charge is 0.334 e. The first-order valence-electron chi connectivity index (χ1n) is 17.1. The van der Waals surface area contributed by atoms with Crippen molar-refractivity contribution >= 4 is 80.2 Å². The summed E-state index contributed by atoms with van der Waals surface area (Å²) in [6.45, 7) is 9.06. The van der Waals surface area contributed by atoms with Gasteiger partial charge in [0.2, 0.25) is 17.8 Å². The number of anilines is 5. The van der Waals surface area contributed by atoms with Crippen molar-refractivity contribution < 1.29 is 39.9 Å². The summed E-state index contributed by atoms with van der Waals surface area (Å²) < 4.78 is 80.5. The number of aryl methyl sites for hydroxylation is 1. The van der Waals surface area contributed by atoms with Crippen LogP contribution in [0.2, 0.25) is 12.6 Å². The summed E-state index contributed by atoms with van der Waals surface area (Å²) in [5.74, 6) is -0.115. The second-order valence-electron chi connectivity index (χ2n) is 12.5. The summed E-state index contributed by atoms with van der Waals surface area (Å²) in [7, 11) is -10.0. The van der Waals surface area contributed by atoms with E-state index in [1.165, 1.54) is 24.3 Å². The van der Waals surface area contributed by atoms with Crippen molar-refractivity contribution in [2.45, 2.75) is 49.6 Å². The van der Waals surface area contributed by atoms with Crippen molar-refractivity contribution in [2.24, 2.45) is 10.2 Å². The molecule has 1 aromatic heterocycles. The van der Waals surface area contributed by atoms with Gasteiger partial charge in [0, 0.05) is 37.9 Å². The molecule has 0 fully saturated rings. The summed E-state index contributed by atoms with van der Waals surface area (Å²) in [4.78, 5) is 14.5. The van der Waals surface area contributed by atoms with E-state index in [1.807, 2.05) is 50.7 Å². The van der Waals surface area contributed by atoms with Gasteiger partial charge >= 0.3 is 8.56 Å². The van der Waals surface area contributed by atoms with Gasteiger partial charge in [-0.15, -0.1) is 10.2 Å². The number of nitrogens with one attached hydrogen (secondary N) is 2. The minimum absolute atomic E-state index is 0.0331. The minimum Gasteiger partial charge on any atom is -0.505 e. The molecule has 0 unspecified atom stereocenters. The third-order valence-corrected chi connectivity index (χ3v) is 13.1. The molecule has 0 saturated carbocycles. The number of hydrogen-bond donors (Lipinski definition) is 5. The Morgan fingerprint density at radius 3 is 2.15 bits per heavy atom. The number of hydrogen-bond acceptors (Lipinski definition) is 15. The van der Waals surface area contributed by atoms with Crippen molar-refractivity contribution in [2.75, 3.05) is 42.3 Å². The number of fused-ring (bicyclic) bond motifs is 1. The van der Waals surface area contributed by atoms with E-state index in [9.17, 15) is 31.0 Å². The molecule has 5 rings (SSSR count). The van der Waals surface area contributed by atoms with E-state index in [1.54, 1.807) is 24.9 Å². The van der Waals surface area contributed by atoms with E-state index in [-0.39, 0.29) is 45.7 Å². The molecule has 5 N–H and O–H groups in total. The maximum atomic E-state index is 12.4. The zero-order chi connectivity index (χ0) is 40.0. The van der Waals surface area contributed by atoms with Crippen LogP contribution in [0.4, 0.5) is 40.6 Å². The zero-order valence-corrected chi connectivity index (χ0v) is 33.4. The summed E-state index contributed by atoms with van der Waals surface area (Å²) >= 11 is 0. The number of phenols is 1. The van der Waals surface area contributed by atoms with Crippen molar-refractivity contribution in [1.82, 2.24) is 15.0 Å². The monoisotopic (exact) mass is 810 g/mol.